The summed E-state index contributed by atoms with van der Waals surface area (Å²) in [6.45, 7) is 6.07. The number of benzene rings is 2. The van der Waals surface area contributed by atoms with Gasteiger partial charge < -0.3 is 10.1 Å². The lowest BCUT2D eigenvalue weighted by molar-refractivity contribution is 0.472. The fourth-order valence-corrected chi connectivity index (χ4v) is 2.24. The molecule has 0 aliphatic heterocycles. The van der Waals surface area contributed by atoms with E-state index >= 15 is 0 Å². The van der Waals surface area contributed by atoms with Crippen molar-refractivity contribution in [1.29, 1.82) is 0 Å². The topological polar surface area (TPSA) is 21.3 Å². The van der Waals surface area contributed by atoms with Gasteiger partial charge in [-0.15, -0.1) is 0 Å². The van der Waals surface area contributed by atoms with Gasteiger partial charge in [0.05, 0.1) is 0 Å². The highest BCUT2D eigenvalue weighted by molar-refractivity contribution is 9.10. The van der Waals surface area contributed by atoms with Crippen LogP contribution in [0.3, 0.4) is 0 Å². The third-order valence-corrected chi connectivity index (χ3v) is 3.51. The lowest BCUT2D eigenvalue weighted by Crippen LogP contribution is -2.14. The Hall–Kier alpha value is -1.32. The van der Waals surface area contributed by atoms with E-state index in [0.717, 1.165) is 35.5 Å². The van der Waals surface area contributed by atoms with Crippen LogP contribution in [0.5, 0.6) is 11.5 Å². The van der Waals surface area contributed by atoms with Gasteiger partial charge in [0.1, 0.15) is 11.5 Å². The van der Waals surface area contributed by atoms with Crippen LogP contribution in [-0.4, -0.2) is 6.54 Å². The quantitative estimate of drug-likeness (QED) is 0.747. The van der Waals surface area contributed by atoms with Crippen molar-refractivity contribution in [2.24, 2.45) is 0 Å². The molecule has 0 saturated carbocycles. The molecule has 0 saturated heterocycles. The van der Waals surface area contributed by atoms with Crippen molar-refractivity contribution in [3.8, 4) is 11.5 Å². The summed E-state index contributed by atoms with van der Waals surface area (Å²) in [5.41, 5.74) is 2.40. The SMILES string of the molecule is CCCNCc1ccc(Br)cc1Oc1ccc(C)cc1. The molecular weight excluding hydrogens is 314 g/mol. The van der Waals surface area contributed by atoms with Gasteiger partial charge in [-0.25, -0.2) is 0 Å². The summed E-state index contributed by atoms with van der Waals surface area (Å²) in [7, 11) is 0. The summed E-state index contributed by atoms with van der Waals surface area (Å²) in [5.74, 6) is 1.76. The smallest absolute Gasteiger partial charge is 0.133 e. The highest BCUT2D eigenvalue weighted by Gasteiger charge is 2.06. The van der Waals surface area contributed by atoms with Gasteiger partial charge in [0.2, 0.25) is 0 Å². The third kappa shape index (κ3) is 4.36. The maximum Gasteiger partial charge on any atom is 0.133 e. The first-order valence-electron chi connectivity index (χ1n) is 6.92. The lowest BCUT2D eigenvalue weighted by Gasteiger charge is -2.12. The van der Waals surface area contributed by atoms with E-state index in [1.54, 1.807) is 0 Å². The van der Waals surface area contributed by atoms with Crippen molar-refractivity contribution in [3.63, 3.8) is 0 Å². The Labute approximate surface area is 129 Å². The fraction of sp³-hybridized carbons (Fsp3) is 0.294. The molecule has 0 aliphatic carbocycles. The van der Waals surface area contributed by atoms with Crippen LogP contribution in [0.15, 0.2) is 46.9 Å². The molecule has 0 atom stereocenters. The molecule has 2 aromatic carbocycles. The van der Waals surface area contributed by atoms with Crippen molar-refractivity contribution in [3.05, 3.63) is 58.1 Å². The molecular formula is C17H20BrNO. The van der Waals surface area contributed by atoms with Crippen LogP contribution >= 0.6 is 15.9 Å². The van der Waals surface area contributed by atoms with Crippen molar-refractivity contribution in [1.82, 2.24) is 5.32 Å². The minimum absolute atomic E-state index is 0.822. The minimum atomic E-state index is 0.822. The van der Waals surface area contributed by atoms with Crippen LogP contribution < -0.4 is 10.1 Å². The number of hydrogen-bond donors (Lipinski definition) is 1. The Balaban J connectivity index is 2.15. The zero-order valence-electron chi connectivity index (χ0n) is 11.9. The predicted molar refractivity (Wildman–Crippen MR) is 87.4 cm³/mol. The molecule has 0 amide bonds. The van der Waals surface area contributed by atoms with Gasteiger partial charge in [0.15, 0.2) is 0 Å². The van der Waals surface area contributed by atoms with Gasteiger partial charge in [0.25, 0.3) is 0 Å². The number of hydrogen-bond acceptors (Lipinski definition) is 2. The molecule has 0 spiro atoms. The summed E-state index contributed by atoms with van der Waals surface area (Å²) >= 11 is 3.50. The molecule has 2 nitrogen and oxygen atoms in total. The average molecular weight is 334 g/mol. The van der Waals surface area contributed by atoms with Crippen molar-refractivity contribution in [2.75, 3.05) is 6.54 Å². The van der Waals surface area contributed by atoms with E-state index in [4.69, 9.17) is 4.74 Å². The Bertz CT molecular complexity index is 551. The molecule has 3 heteroatoms. The standard InChI is InChI=1S/C17H20BrNO/c1-3-10-19-12-14-6-7-15(18)11-17(14)20-16-8-4-13(2)5-9-16/h4-9,11,19H,3,10,12H2,1-2H3. The Kier molecular flexibility index (Phi) is 5.62. The van der Waals surface area contributed by atoms with E-state index in [1.165, 1.54) is 11.1 Å². The number of halogens is 1. The van der Waals surface area contributed by atoms with Crippen LogP contribution in [0.2, 0.25) is 0 Å². The molecule has 20 heavy (non-hydrogen) atoms. The molecule has 0 radical (unpaired) electrons. The molecule has 0 aliphatic rings. The van der Waals surface area contributed by atoms with Gasteiger partial charge in [-0.3, -0.25) is 0 Å². The van der Waals surface area contributed by atoms with E-state index in [-0.39, 0.29) is 0 Å². The lowest BCUT2D eigenvalue weighted by atomic mass is 10.2. The maximum absolute atomic E-state index is 6.01. The predicted octanol–water partition coefficient (Wildman–Crippen LogP) is 5.05. The Morgan fingerprint density at radius 2 is 1.85 bits per heavy atom. The van der Waals surface area contributed by atoms with Crippen LogP contribution in [0.4, 0.5) is 0 Å². The van der Waals surface area contributed by atoms with Gasteiger partial charge in [-0.05, 0) is 44.2 Å². The second-order valence-electron chi connectivity index (χ2n) is 4.84. The van der Waals surface area contributed by atoms with Crippen molar-refractivity contribution in [2.45, 2.75) is 26.8 Å². The number of nitrogens with one attached hydrogen (secondary N) is 1. The van der Waals surface area contributed by atoms with Crippen LogP contribution in [0.1, 0.15) is 24.5 Å². The van der Waals surface area contributed by atoms with Crippen molar-refractivity contribution < 1.29 is 4.74 Å². The molecule has 2 aromatic rings. The van der Waals surface area contributed by atoms with Gasteiger partial charge >= 0.3 is 0 Å². The van der Waals surface area contributed by atoms with E-state index in [9.17, 15) is 0 Å². The summed E-state index contributed by atoms with van der Waals surface area (Å²) in [4.78, 5) is 0. The van der Waals surface area contributed by atoms with E-state index in [1.807, 2.05) is 24.3 Å². The molecule has 0 unspecified atom stereocenters. The molecule has 0 aromatic heterocycles. The van der Waals surface area contributed by atoms with E-state index in [0.29, 0.717) is 0 Å². The molecule has 2 rings (SSSR count). The summed E-state index contributed by atoms with van der Waals surface area (Å²) in [6.07, 6.45) is 1.13. The minimum Gasteiger partial charge on any atom is -0.457 e. The van der Waals surface area contributed by atoms with Crippen LogP contribution in [-0.2, 0) is 6.54 Å². The summed E-state index contributed by atoms with van der Waals surface area (Å²) in [6, 6.07) is 14.3. The largest absolute Gasteiger partial charge is 0.457 e. The first kappa shape index (κ1) is 15.1. The maximum atomic E-state index is 6.01. The molecule has 106 valence electrons. The van der Waals surface area contributed by atoms with E-state index < -0.39 is 0 Å². The number of rotatable bonds is 6. The first-order chi connectivity index (χ1) is 9.69. The zero-order chi connectivity index (χ0) is 14.4. The second kappa shape index (κ2) is 7.46. The van der Waals surface area contributed by atoms with Gasteiger partial charge in [-0.1, -0.05) is 46.6 Å². The second-order valence-corrected chi connectivity index (χ2v) is 5.76. The third-order valence-electron chi connectivity index (χ3n) is 3.02. The highest BCUT2D eigenvalue weighted by Crippen LogP contribution is 2.28. The fourth-order valence-electron chi connectivity index (χ4n) is 1.90. The monoisotopic (exact) mass is 333 g/mol. The van der Waals surface area contributed by atoms with E-state index in [2.05, 4.69) is 53.3 Å². The molecule has 0 heterocycles. The van der Waals surface area contributed by atoms with Gasteiger partial charge in [-0.2, -0.15) is 0 Å². The average Bonchev–Trinajstić information content (AvgIpc) is 2.44. The van der Waals surface area contributed by atoms with Crippen LogP contribution in [0.25, 0.3) is 0 Å². The summed E-state index contributed by atoms with van der Waals surface area (Å²) < 4.78 is 7.03. The molecule has 0 bridgehead atoms. The first-order valence-corrected chi connectivity index (χ1v) is 7.72. The highest BCUT2D eigenvalue weighted by atomic mass is 79.9. The number of ether oxygens (including phenoxy) is 1. The molecule has 0 fully saturated rings. The normalized spacial score (nSPS) is 10.6. The zero-order valence-corrected chi connectivity index (χ0v) is 13.5. The Morgan fingerprint density at radius 1 is 1.10 bits per heavy atom. The number of aryl methyl sites for hydroxylation is 1. The molecule has 1 N–H and O–H groups in total. The van der Waals surface area contributed by atoms with Crippen LogP contribution in [0, 0.1) is 6.92 Å². The van der Waals surface area contributed by atoms with Crippen molar-refractivity contribution >= 4 is 15.9 Å². The summed E-state index contributed by atoms with van der Waals surface area (Å²) in [5, 5.41) is 3.41. The Morgan fingerprint density at radius 3 is 2.55 bits per heavy atom. The van der Waals surface area contributed by atoms with Gasteiger partial charge in [0, 0.05) is 16.6 Å².